The molecule has 0 unspecified atom stereocenters. The number of carbonyl (C=O) groups excluding carboxylic acids is 1. The third-order valence-corrected chi connectivity index (χ3v) is 3.35. The molecule has 5 heteroatoms. The molecule has 4 N–H and O–H groups in total. The van der Waals surface area contributed by atoms with Gasteiger partial charge in [-0.15, -0.1) is 0 Å². The summed E-state index contributed by atoms with van der Waals surface area (Å²) in [6.45, 7) is 1.86. The second-order valence-electron chi connectivity index (χ2n) is 4.70. The van der Waals surface area contributed by atoms with E-state index in [4.69, 9.17) is 5.73 Å². The van der Waals surface area contributed by atoms with Crippen molar-refractivity contribution in [3.8, 4) is 0 Å². The van der Waals surface area contributed by atoms with E-state index in [1.807, 2.05) is 13.0 Å². The summed E-state index contributed by atoms with van der Waals surface area (Å²) in [5.74, 6) is -0.157. The number of nitrogen functional groups attached to an aromatic ring is 1. The Kier molecular flexibility index (Phi) is 2.68. The van der Waals surface area contributed by atoms with E-state index in [0.717, 1.165) is 5.56 Å². The zero-order valence-electron chi connectivity index (χ0n) is 10.9. The van der Waals surface area contributed by atoms with Gasteiger partial charge in [-0.3, -0.25) is 4.79 Å². The second-order valence-corrected chi connectivity index (χ2v) is 4.70. The van der Waals surface area contributed by atoms with Gasteiger partial charge in [-0.2, -0.15) is 0 Å². The van der Waals surface area contributed by atoms with Crippen LogP contribution in [-0.2, 0) is 0 Å². The Morgan fingerprint density at radius 3 is 2.65 bits per heavy atom. The Balaban J connectivity index is 2.12. The average Bonchev–Trinajstić information content (AvgIpc) is 2.80. The fraction of sp³-hybridized carbons (Fsp3) is 0.0667. The predicted molar refractivity (Wildman–Crippen MR) is 77.9 cm³/mol. The second kappa shape index (κ2) is 4.38. The molecule has 5 nitrogen and oxygen atoms in total. The molecule has 0 radical (unpaired) electrons. The first-order valence-electron chi connectivity index (χ1n) is 6.18. The molecule has 0 atom stereocenters. The van der Waals surface area contributed by atoms with Gasteiger partial charge in [0.1, 0.15) is 0 Å². The maximum Gasteiger partial charge on any atom is 0.323 e. The number of anilines is 1. The quantitative estimate of drug-likeness (QED) is 0.489. The minimum absolute atomic E-state index is 0.157. The number of ketones is 1. The lowest BCUT2D eigenvalue weighted by Crippen LogP contribution is -2.06. The fourth-order valence-electron chi connectivity index (χ4n) is 2.21. The Bertz CT molecular complexity index is 874. The minimum Gasteiger partial charge on any atom is -0.398 e. The third-order valence-electron chi connectivity index (χ3n) is 3.35. The molecule has 0 fully saturated rings. The van der Waals surface area contributed by atoms with Crippen LogP contribution in [0.15, 0.2) is 41.2 Å². The van der Waals surface area contributed by atoms with Crippen LogP contribution >= 0.6 is 0 Å². The summed E-state index contributed by atoms with van der Waals surface area (Å²) in [6, 6.07) is 10.4. The van der Waals surface area contributed by atoms with Crippen LogP contribution in [0.25, 0.3) is 11.0 Å². The standard InChI is InChI=1S/C15H13N3O2/c1-8-3-2-4-10(13(8)16)14(19)9-5-6-11-12(7-9)18-15(20)17-11/h2-7H,16H2,1H3,(H2,17,18,20). The maximum atomic E-state index is 12.5. The highest BCUT2D eigenvalue weighted by Gasteiger charge is 2.14. The summed E-state index contributed by atoms with van der Waals surface area (Å²) in [6.07, 6.45) is 0. The molecular weight excluding hydrogens is 254 g/mol. The van der Waals surface area contributed by atoms with Crippen LogP contribution in [0.5, 0.6) is 0 Å². The summed E-state index contributed by atoms with van der Waals surface area (Å²) in [4.78, 5) is 29.0. The highest BCUT2D eigenvalue weighted by molar-refractivity contribution is 6.13. The number of nitrogens with two attached hydrogens (primary N) is 1. The van der Waals surface area contributed by atoms with Gasteiger partial charge in [0, 0.05) is 16.8 Å². The molecule has 0 bridgehead atoms. The smallest absolute Gasteiger partial charge is 0.323 e. The molecule has 100 valence electrons. The predicted octanol–water partition coefficient (Wildman–Crippen LogP) is 1.98. The summed E-state index contributed by atoms with van der Waals surface area (Å²) in [5, 5.41) is 0. The summed E-state index contributed by atoms with van der Waals surface area (Å²) < 4.78 is 0. The van der Waals surface area contributed by atoms with Gasteiger partial charge in [-0.1, -0.05) is 12.1 Å². The first-order valence-corrected chi connectivity index (χ1v) is 6.18. The molecule has 3 aromatic rings. The van der Waals surface area contributed by atoms with Gasteiger partial charge in [0.25, 0.3) is 0 Å². The molecule has 1 heterocycles. The molecule has 1 aromatic heterocycles. The molecule has 0 saturated heterocycles. The van der Waals surface area contributed by atoms with E-state index in [-0.39, 0.29) is 11.5 Å². The fourth-order valence-corrected chi connectivity index (χ4v) is 2.21. The van der Waals surface area contributed by atoms with E-state index in [2.05, 4.69) is 9.97 Å². The van der Waals surface area contributed by atoms with Gasteiger partial charge in [-0.25, -0.2) is 4.79 Å². The minimum atomic E-state index is -0.292. The van der Waals surface area contributed by atoms with Gasteiger partial charge in [0.05, 0.1) is 11.0 Å². The van der Waals surface area contributed by atoms with Crippen LogP contribution in [0.4, 0.5) is 5.69 Å². The van der Waals surface area contributed by atoms with E-state index in [1.54, 1.807) is 30.3 Å². The molecule has 0 amide bonds. The van der Waals surface area contributed by atoms with Crippen molar-refractivity contribution in [2.24, 2.45) is 0 Å². The number of rotatable bonds is 2. The van der Waals surface area contributed by atoms with E-state index < -0.39 is 0 Å². The Hall–Kier alpha value is -2.82. The van der Waals surface area contributed by atoms with Crippen LogP contribution in [0.1, 0.15) is 21.5 Å². The SMILES string of the molecule is Cc1cccc(C(=O)c2ccc3[nH]c(=O)[nH]c3c2)c1N. The number of hydrogen-bond donors (Lipinski definition) is 3. The summed E-state index contributed by atoms with van der Waals surface area (Å²) in [5.41, 5.74) is 9.25. The van der Waals surface area contributed by atoms with Crippen molar-refractivity contribution in [2.75, 3.05) is 5.73 Å². The molecule has 0 aliphatic rings. The van der Waals surface area contributed by atoms with Gasteiger partial charge in [0.15, 0.2) is 5.78 Å². The lowest BCUT2D eigenvalue weighted by molar-refractivity contribution is 0.103. The molecular formula is C15H13N3O2. The van der Waals surface area contributed by atoms with Crippen molar-refractivity contribution in [3.05, 3.63) is 63.6 Å². The molecule has 3 rings (SSSR count). The topological polar surface area (TPSA) is 91.7 Å². The molecule has 2 aromatic carbocycles. The van der Waals surface area contributed by atoms with Crippen molar-refractivity contribution < 1.29 is 4.79 Å². The number of aryl methyl sites for hydroxylation is 1. The molecule has 0 saturated carbocycles. The number of nitrogens with one attached hydrogen (secondary N) is 2. The van der Waals surface area contributed by atoms with Crippen LogP contribution in [0.3, 0.4) is 0 Å². The largest absolute Gasteiger partial charge is 0.398 e. The summed E-state index contributed by atoms with van der Waals surface area (Å²) in [7, 11) is 0. The van der Waals surface area contributed by atoms with E-state index in [0.29, 0.717) is 27.8 Å². The van der Waals surface area contributed by atoms with Crippen LogP contribution in [-0.4, -0.2) is 15.8 Å². The maximum absolute atomic E-state index is 12.5. The number of hydrogen-bond acceptors (Lipinski definition) is 3. The Morgan fingerprint density at radius 1 is 1.10 bits per heavy atom. The number of fused-ring (bicyclic) bond motifs is 1. The number of aromatic nitrogens is 2. The van der Waals surface area contributed by atoms with Gasteiger partial charge in [-0.05, 0) is 36.8 Å². The number of benzene rings is 2. The highest BCUT2D eigenvalue weighted by Crippen LogP contribution is 2.21. The number of H-pyrrole nitrogens is 2. The lowest BCUT2D eigenvalue weighted by atomic mass is 9.99. The molecule has 20 heavy (non-hydrogen) atoms. The highest BCUT2D eigenvalue weighted by atomic mass is 16.1. The zero-order valence-corrected chi connectivity index (χ0v) is 10.9. The number of carbonyl (C=O) groups is 1. The molecule has 0 aliphatic heterocycles. The average molecular weight is 267 g/mol. The summed E-state index contributed by atoms with van der Waals surface area (Å²) >= 11 is 0. The first-order chi connectivity index (χ1) is 9.56. The van der Waals surface area contributed by atoms with E-state index in [9.17, 15) is 9.59 Å². The number of para-hydroxylation sites is 1. The van der Waals surface area contributed by atoms with Crippen molar-refractivity contribution in [3.63, 3.8) is 0 Å². The van der Waals surface area contributed by atoms with Crippen LogP contribution < -0.4 is 11.4 Å². The Labute approximate surface area is 114 Å². The third kappa shape index (κ3) is 1.89. The lowest BCUT2D eigenvalue weighted by Gasteiger charge is -2.07. The van der Waals surface area contributed by atoms with Gasteiger partial charge >= 0.3 is 5.69 Å². The van der Waals surface area contributed by atoms with Crippen molar-refractivity contribution in [2.45, 2.75) is 6.92 Å². The van der Waals surface area contributed by atoms with Crippen LogP contribution in [0.2, 0.25) is 0 Å². The monoisotopic (exact) mass is 267 g/mol. The first kappa shape index (κ1) is 12.2. The van der Waals surface area contributed by atoms with Gasteiger partial charge < -0.3 is 15.7 Å². The van der Waals surface area contributed by atoms with Crippen LogP contribution in [0, 0.1) is 6.92 Å². The Morgan fingerprint density at radius 2 is 1.85 bits per heavy atom. The van der Waals surface area contributed by atoms with E-state index >= 15 is 0 Å². The van der Waals surface area contributed by atoms with Gasteiger partial charge in [0.2, 0.25) is 0 Å². The number of aromatic amines is 2. The van der Waals surface area contributed by atoms with Crippen molar-refractivity contribution in [1.29, 1.82) is 0 Å². The normalized spacial score (nSPS) is 10.8. The molecule has 0 spiro atoms. The van der Waals surface area contributed by atoms with Crippen molar-refractivity contribution in [1.82, 2.24) is 9.97 Å². The number of imidazole rings is 1. The molecule has 0 aliphatic carbocycles. The zero-order chi connectivity index (χ0) is 14.3. The van der Waals surface area contributed by atoms with E-state index in [1.165, 1.54) is 0 Å². The van der Waals surface area contributed by atoms with Crippen molar-refractivity contribution >= 4 is 22.5 Å².